The van der Waals surface area contributed by atoms with Gasteiger partial charge in [0.05, 0.1) is 32.8 Å². The first-order valence-corrected chi connectivity index (χ1v) is 19.6. The topological polar surface area (TPSA) is 182 Å². The first-order chi connectivity index (χ1) is 25.0. The fourth-order valence-electron chi connectivity index (χ4n) is 5.13. The minimum atomic E-state index is -3.91. The number of fused-ring (bicyclic) bond motifs is 1. The molecule has 0 amide bonds. The molecule has 4 N–H and O–H groups in total. The summed E-state index contributed by atoms with van der Waals surface area (Å²) in [5.74, 6) is -0.606. The van der Waals surface area contributed by atoms with Gasteiger partial charge in [-0.3, -0.25) is 14.2 Å². The van der Waals surface area contributed by atoms with E-state index in [1.165, 1.54) is 0 Å². The van der Waals surface area contributed by atoms with Crippen LogP contribution in [0.1, 0.15) is 52.2 Å². The monoisotopic (exact) mass is 737 g/mol. The van der Waals surface area contributed by atoms with Crippen LogP contribution in [-0.4, -0.2) is 76.3 Å². The van der Waals surface area contributed by atoms with Crippen LogP contribution >= 0.6 is 7.44 Å². The van der Waals surface area contributed by atoms with Gasteiger partial charge in [-0.15, -0.1) is 0 Å². The Morgan fingerprint density at radius 3 is 1.87 bits per heavy atom. The Hall–Kier alpha value is -4.36. The Bertz CT molecular complexity index is 1680. The van der Waals surface area contributed by atoms with Gasteiger partial charge < -0.3 is 29.2 Å². The Morgan fingerprint density at radius 1 is 0.827 bits per heavy atom. The first kappa shape index (κ1) is 40.4. The maximum Gasteiger partial charge on any atom is 0.323 e. The molecule has 282 valence electrons. The second-order valence-electron chi connectivity index (χ2n) is 13.4. The summed E-state index contributed by atoms with van der Waals surface area (Å²) in [4.78, 5) is 40.0. The maximum atomic E-state index is 15.0. The molecule has 0 spiro atoms. The van der Waals surface area contributed by atoms with Crippen molar-refractivity contribution in [2.45, 2.75) is 72.5 Å². The molecule has 0 aliphatic heterocycles. The molecule has 2 atom stereocenters. The summed E-state index contributed by atoms with van der Waals surface area (Å²) in [5.41, 5.74) is 8.56. The van der Waals surface area contributed by atoms with Crippen molar-refractivity contribution in [1.29, 1.82) is 0 Å². The first-order valence-electron chi connectivity index (χ1n) is 17.7. The van der Waals surface area contributed by atoms with Crippen LogP contribution in [0.4, 0.5) is 5.95 Å². The smallest absolute Gasteiger partial charge is 0.323 e. The van der Waals surface area contributed by atoms with Crippen molar-refractivity contribution in [3.8, 4) is 5.88 Å². The molecule has 0 fully saturated rings. The fourth-order valence-corrected chi connectivity index (χ4v) is 7.14. The van der Waals surface area contributed by atoms with Gasteiger partial charge in [0, 0.05) is 6.54 Å². The number of nitrogens with two attached hydrogens (primary N) is 1. The van der Waals surface area contributed by atoms with Crippen molar-refractivity contribution < 1.29 is 33.1 Å². The molecule has 0 aliphatic rings. The molecule has 0 bridgehead atoms. The van der Waals surface area contributed by atoms with Gasteiger partial charge in [0.25, 0.3) is 0 Å². The van der Waals surface area contributed by atoms with Gasteiger partial charge in [0.1, 0.15) is 18.4 Å². The van der Waals surface area contributed by atoms with Crippen LogP contribution in [0.15, 0.2) is 67.0 Å². The lowest BCUT2D eigenvalue weighted by Gasteiger charge is -2.29. The van der Waals surface area contributed by atoms with Crippen LogP contribution in [0, 0.1) is 11.8 Å². The molecule has 4 aromatic rings. The zero-order valence-corrected chi connectivity index (χ0v) is 31.6. The van der Waals surface area contributed by atoms with E-state index in [1.54, 1.807) is 10.9 Å². The number of nitrogens with zero attached hydrogens (tertiary/aromatic N) is 4. The number of carbonyl (C=O) groups is 2. The number of aromatic nitrogens is 4. The van der Waals surface area contributed by atoms with Gasteiger partial charge in [-0.25, -0.2) is 15.2 Å². The molecule has 15 heteroatoms. The third-order valence-electron chi connectivity index (χ3n) is 7.62. The summed E-state index contributed by atoms with van der Waals surface area (Å²) in [5, 5.41) is 6.12. The SMILES string of the molecule is CCCOc1nc(N)nc2c1ncn2CCOCP(=O)(N[C@@H](Cc1ccccc1)C(=O)OCC(C)C)N[C@@H](Cc1ccccc1)C(=O)OCC(C)C. The summed E-state index contributed by atoms with van der Waals surface area (Å²) < 4.78 is 39.8. The maximum absolute atomic E-state index is 15.0. The quantitative estimate of drug-likeness (QED) is 0.0547. The largest absolute Gasteiger partial charge is 0.476 e. The standard InChI is InChI=1S/C37H52N7O7P/c1-6-18-49-34-32-33(40-37(38)41-34)44(24-39-32)17-19-48-25-52(47,42-30(35(45)50-22-26(2)3)20-28-13-9-7-10-14-28)43-31(36(46)51-23-27(4)5)21-29-15-11-8-12-16-29/h7-16,24,26-27,30-31H,6,17-23,25H2,1-5H3,(H2,38,40,41)(H2,42,43,47)/t30-,31-/m0/s1. The number of hydrogen-bond acceptors (Lipinski definition) is 11. The predicted octanol–water partition coefficient (Wildman–Crippen LogP) is 5.16. The van der Waals surface area contributed by atoms with E-state index < -0.39 is 31.5 Å². The lowest BCUT2D eigenvalue weighted by atomic mass is 10.1. The Morgan fingerprint density at radius 2 is 1.37 bits per heavy atom. The summed E-state index contributed by atoms with van der Waals surface area (Å²) in [6.45, 7) is 10.9. The summed E-state index contributed by atoms with van der Waals surface area (Å²) >= 11 is 0. The number of nitrogens with one attached hydrogen (secondary N) is 2. The molecule has 52 heavy (non-hydrogen) atoms. The Labute approximate surface area is 305 Å². The van der Waals surface area contributed by atoms with E-state index in [0.717, 1.165) is 17.5 Å². The highest BCUT2D eigenvalue weighted by Crippen LogP contribution is 2.39. The van der Waals surface area contributed by atoms with Crippen molar-refractivity contribution in [3.05, 3.63) is 78.1 Å². The highest BCUT2D eigenvalue weighted by Gasteiger charge is 2.36. The lowest BCUT2D eigenvalue weighted by Crippen LogP contribution is -2.46. The van der Waals surface area contributed by atoms with E-state index >= 15 is 4.57 Å². The molecule has 0 saturated heterocycles. The minimum Gasteiger partial charge on any atom is -0.476 e. The number of nitrogen functional groups attached to an aromatic ring is 1. The highest BCUT2D eigenvalue weighted by molar-refractivity contribution is 7.59. The van der Waals surface area contributed by atoms with Gasteiger partial charge in [-0.2, -0.15) is 9.97 Å². The number of hydrogen-bond donors (Lipinski definition) is 3. The third kappa shape index (κ3) is 12.7. The molecule has 2 heterocycles. The molecular formula is C37H52N7O7P. The number of anilines is 1. The Kier molecular flexibility index (Phi) is 15.6. The van der Waals surface area contributed by atoms with E-state index in [4.69, 9.17) is 24.7 Å². The summed E-state index contributed by atoms with van der Waals surface area (Å²) in [6, 6.07) is 16.7. The third-order valence-corrected chi connectivity index (χ3v) is 9.63. The van der Waals surface area contributed by atoms with Gasteiger partial charge in [-0.1, -0.05) is 95.3 Å². The van der Waals surface area contributed by atoms with Crippen molar-refractivity contribution in [1.82, 2.24) is 29.7 Å². The second kappa shape index (κ2) is 20.0. The van der Waals surface area contributed by atoms with Crippen molar-refractivity contribution in [2.24, 2.45) is 11.8 Å². The van der Waals surface area contributed by atoms with Gasteiger partial charge >= 0.3 is 11.9 Å². The number of carbonyl (C=O) groups excluding carboxylic acids is 2. The molecule has 0 saturated carbocycles. The van der Waals surface area contributed by atoms with Crippen LogP contribution in [0.2, 0.25) is 0 Å². The average Bonchev–Trinajstić information content (AvgIpc) is 3.53. The second-order valence-corrected chi connectivity index (χ2v) is 15.7. The minimum absolute atomic E-state index is 0.0433. The van der Waals surface area contributed by atoms with E-state index in [9.17, 15) is 9.59 Å². The zero-order chi connectivity index (χ0) is 37.5. The fraction of sp³-hybridized carbons (Fsp3) is 0.486. The van der Waals surface area contributed by atoms with Gasteiger partial charge in [0.2, 0.25) is 19.3 Å². The highest BCUT2D eigenvalue weighted by atomic mass is 31.2. The van der Waals surface area contributed by atoms with Gasteiger partial charge in [0.15, 0.2) is 11.2 Å². The van der Waals surface area contributed by atoms with E-state index in [-0.39, 0.29) is 63.3 Å². The number of rotatable bonds is 22. The number of benzene rings is 2. The van der Waals surface area contributed by atoms with Crippen LogP contribution in [0.3, 0.4) is 0 Å². The van der Waals surface area contributed by atoms with Crippen molar-refractivity contribution in [3.63, 3.8) is 0 Å². The lowest BCUT2D eigenvalue weighted by molar-refractivity contribution is -0.147. The molecule has 14 nitrogen and oxygen atoms in total. The molecule has 2 aromatic heterocycles. The van der Waals surface area contributed by atoms with Crippen molar-refractivity contribution >= 4 is 36.5 Å². The normalized spacial score (nSPS) is 13.0. The van der Waals surface area contributed by atoms with Crippen LogP contribution in [0.25, 0.3) is 11.2 Å². The number of esters is 2. The molecular weight excluding hydrogens is 685 g/mol. The summed E-state index contributed by atoms with van der Waals surface area (Å²) in [6.07, 6.45) is 2.38. The van der Waals surface area contributed by atoms with Crippen molar-refractivity contribution in [2.75, 3.05) is 38.5 Å². The molecule has 0 unspecified atom stereocenters. The van der Waals surface area contributed by atoms with Gasteiger partial charge in [-0.05, 0) is 42.2 Å². The van der Waals surface area contributed by atoms with E-state index in [2.05, 4.69) is 25.1 Å². The summed E-state index contributed by atoms with van der Waals surface area (Å²) in [7, 11) is -3.91. The van der Waals surface area contributed by atoms with E-state index in [0.29, 0.717) is 23.7 Å². The van der Waals surface area contributed by atoms with Crippen LogP contribution in [-0.2, 0) is 47.8 Å². The molecule has 4 rings (SSSR count). The van der Waals surface area contributed by atoms with E-state index in [1.807, 2.05) is 95.3 Å². The zero-order valence-electron chi connectivity index (χ0n) is 30.7. The average molecular weight is 738 g/mol. The Balaban J connectivity index is 1.60. The van der Waals surface area contributed by atoms with Crippen LogP contribution < -0.4 is 20.6 Å². The van der Waals surface area contributed by atoms with Crippen LogP contribution in [0.5, 0.6) is 5.88 Å². The molecule has 0 aliphatic carbocycles. The number of ether oxygens (including phenoxy) is 4. The molecule has 0 radical (unpaired) electrons. The predicted molar refractivity (Wildman–Crippen MR) is 200 cm³/mol. The number of imidazole rings is 1. The molecule has 2 aromatic carbocycles.